The summed E-state index contributed by atoms with van der Waals surface area (Å²) in [6, 6.07) is 4.83. The summed E-state index contributed by atoms with van der Waals surface area (Å²) in [7, 11) is 0. The van der Waals surface area contributed by atoms with Gasteiger partial charge in [0.1, 0.15) is 0 Å². The zero-order valence-electron chi connectivity index (χ0n) is 9.66. The Bertz CT molecular complexity index is 419. The normalized spacial score (nSPS) is 12.9. The summed E-state index contributed by atoms with van der Waals surface area (Å²) in [6.45, 7) is 5.22. The van der Waals surface area contributed by atoms with Gasteiger partial charge in [-0.3, -0.25) is 0 Å². The molecular weight excluding hydrogens is 218 g/mol. The van der Waals surface area contributed by atoms with Gasteiger partial charge in [0.2, 0.25) is 0 Å². The molecule has 0 radical (unpaired) electrons. The van der Waals surface area contributed by atoms with Crippen LogP contribution in [0.3, 0.4) is 0 Å². The lowest BCUT2D eigenvalue weighted by atomic mass is 10.2. The van der Waals surface area contributed by atoms with Crippen molar-refractivity contribution in [1.82, 2.24) is 15.3 Å². The molecule has 1 unspecified atom stereocenters. The van der Waals surface area contributed by atoms with Crippen molar-refractivity contribution >= 4 is 11.3 Å². The molecule has 0 aliphatic rings. The number of nitrogens with one attached hydrogen (secondary N) is 2. The quantitative estimate of drug-likeness (QED) is 0.836. The average molecular weight is 235 g/mol. The van der Waals surface area contributed by atoms with E-state index in [9.17, 15) is 0 Å². The molecule has 2 aromatic rings. The van der Waals surface area contributed by atoms with Gasteiger partial charge in [0, 0.05) is 34.2 Å². The molecule has 86 valence electrons. The van der Waals surface area contributed by atoms with Crippen LogP contribution in [0.5, 0.6) is 0 Å². The van der Waals surface area contributed by atoms with Gasteiger partial charge in [-0.25, -0.2) is 4.98 Å². The SMILES string of the molecule is CCc1ccc(C(C)NCc2cnc[nH]2)s1. The lowest BCUT2D eigenvalue weighted by Crippen LogP contribution is -2.17. The molecular formula is C12H17N3S. The van der Waals surface area contributed by atoms with Crippen LogP contribution in [0, 0.1) is 0 Å². The molecule has 0 saturated carbocycles. The summed E-state index contributed by atoms with van der Waals surface area (Å²) in [5.41, 5.74) is 1.12. The van der Waals surface area contributed by atoms with Gasteiger partial charge in [-0.2, -0.15) is 0 Å². The highest BCUT2D eigenvalue weighted by Gasteiger charge is 2.07. The van der Waals surface area contributed by atoms with Crippen molar-refractivity contribution in [3.8, 4) is 0 Å². The van der Waals surface area contributed by atoms with Crippen LogP contribution in [0.1, 0.15) is 35.3 Å². The van der Waals surface area contributed by atoms with E-state index in [1.54, 1.807) is 6.33 Å². The Morgan fingerprint density at radius 2 is 2.38 bits per heavy atom. The van der Waals surface area contributed by atoms with E-state index in [1.165, 1.54) is 9.75 Å². The lowest BCUT2D eigenvalue weighted by Gasteiger charge is -2.10. The Hall–Kier alpha value is -1.13. The Labute approximate surface area is 99.9 Å². The second kappa shape index (κ2) is 5.27. The number of imidazole rings is 1. The topological polar surface area (TPSA) is 40.7 Å². The molecule has 0 aliphatic carbocycles. The first-order valence-corrected chi connectivity index (χ1v) is 6.40. The molecule has 0 aliphatic heterocycles. The van der Waals surface area contributed by atoms with Crippen LogP contribution in [0.2, 0.25) is 0 Å². The number of hydrogen-bond donors (Lipinski definition) is 2. The summed E-state index contributed by atoms with van der Waals surface area (Å²) in [6.07, 6.45) is 4.69. The first-order valence-electron chi connectivity index (χ1n) is 5.59. The van der Waals surface area contributed by atoms with Crippen molar-refractivity contribution in [2.45, 2.75) is 32.9 Å². The third-order valence-electron chi connectivity index (χ3n) is 2.61. The van der Waals surface area contributed by atoms with Crippen molar-refractivity contribution in [2.24, 2.45) is 0 Å². The fourth-order valence-corrected chi connectivity index (χ4v) is 2.54. The third kappa shape index (κ3) is 2.71. The summed E-state index contributed by atoms with van der Waals surface area (Å²) in [5.74, 6) is 0. The molecule has 1 atom stereocenters. The molecule has 0 aromatic carbocycles. The lowest BCUT2D eigenvalue weighted by molar-refractivity contribution is 0.577. The zero-order valence-corrected chi connectivity index (χ0v) is 10.5. The molecule has 0 bridgehead atoms. The highest BCUT2D eigenvalue weighted by atomic mass is 32.1. The summed E-state index contributed by atoms with van der Waals surface area (Å²) in [5, 5.41) is 3.48. The van der Waals surface area contributed by atoms with Crippen molar-refractivity contribution in [2.75, 3.05) is 0 Å². The molecule has 16 heavy (non-hydrogen) atoms. The fourth-order valence-electron chi connectivity index (χ4n) is 1.56. The Kier molecular flexibility index (Phi) is 3.74. The van der Waals surface area contributed by atoms with Crippen LogP contribution in [-0.2, 0) is 13.0 Å². The Morgan fingerprint density at radius 1 is 1.50 bits per heavy atom. The van der Waals surface area contributed by atoms with Crippen LogP contribution in [-0.4, -0.2) is 9.97 Å². The van der Waals surface area contributed by atoms with Crippen molar-refractivity contribution in [3.63, 3.8) is 0 Å². The van der Waals surface area contributed by atoms with Crippen LogP contribution < -0.4 is 5.32 Å². The number of aryl methyl sites for hydroxylation is 1. The predicted molar refractivity (Wildman–Crippen MR) is 67.5 cm³/mol. The molecule has 3 nitrogen and oxygen atoms in total. The molecule has 0 fully saturated rings. The molecule has 2 heterocycles. The minimum Gasteiger partial charge on any atom is -0.347 e. The van der Waals surface area contributed by atoms with Gasteiger partial charge < -0.3 is 10.3 Å². The standard InChI is InChI=1S/C12H17N3S/c1-3-11-4-5-12(16-11)9(2)14-7-10-6-13-8-15-10/h4-6,8-9,14H,3,7H2,1-2H3,(H,13,15). The smallest absolute Gasteiger partial charge is 0.0922 e. The second-order valence-corrected chi connectivity index (χ2v) is 5.04. The highest BCUT2D eigenvalue weighted by molar-refractivity contribution is 7.12. The van der Waals surface area contributed by atoms with Gasteiger partial charge in [0.25, 0.3) is 0 Å². The largest absolute Gasteiger partial charge is 0.347 e. The molecule has 2 aromatic heterocycles. The van der Waals surface area contributed by atoms with Gasteiger partial charge in [-0.1, -0.05) is 6.92 Å². The summed E-state index contributed by atoms with van der Waals surface area (Å²) in [4.78, 5) is 9.94. The fraction of sp³-hybridized carbons (Fsp3) is 0.417. The number of rotatable bonds is 5. The number of hydrogen-bond acceptors (Lipinski definition) is 3. The average Bonchev–Trinajstić information content (AvgIpc) is 2.96. The van der Waals surface area contributed by atoms with Crippen LogP contribution in [0.15, 0.2) is 24.7 Å². The van der Waals surface area contributed by atoms with E-state index < -0.39 is 0 Å². The monoisotopic (exact) mass is 235 g/mol. The minimum atomic E-state index is 0.397. The van der Waals surface area contributed by atoms with Crippen molar-refractivity contribution < 1.29 is 0 Å². The van der Waals surface area contributed by atoms with E-state index in [0.717, 1.165) is 18.7 Å². The summed E-state index contributed by atoms with van der Waals surface area (Å²) >= 11 is 1.89. The number of aromatic nitrogens is 2. The van der Waals surface area contributed by atoms with E-state index in [0.29, 0.717) is 6.04 Å². The molecule has 2 rings (SSSR count). The van der Waals surface area contributed by atoms with Gasteiger partial charge in [0.15, 0.2) is 0 Å². The molecule has 2 N–H and O–H groups in total. The first-order chi connectivity index (χ1) is 7.79. The highest BCUT2D eigenvalue weighted by Crippen LogP contribution is 2.23. The molecule has 0 saturated heterocycles. The van der Waals surface area contributed by atoms with Crippen molar-refractivity contribution in [1.29, 1.82) is 0 Å². The maximum atomic E-state index is 4.00. The maximum absolute atomic E-state index is 4.00. The van der Waals surface area contributed by atoms with Gasteiger partial charge in [0.05, 0.1) is 6.33 Å². The number of nitrogens with zero attached hydrogens (tertiary/aromatic N) is 1. The van der Waals surface area contributed by atoms with Crippen molar-refractivity contribution in [3.05, 3.63) is 40.1 Å². The zero-order chi connectivity index (χ0) is 11.4. The van der Waals surface area contributed by atoms with Crippen LogP contribution in [0.4, 0.5) is 0 Å². The molecule has 0 spiro atoms. The van der Waals surface area contributed by atoms with E-state index >= 15 is 0 Å². The van der Waals surface area contributed by atoms with Crippen LogP contribution in [0.25, 0.3) is 0 Å². The second-order valence-electron chi connectivity index (χ2n) is 3.84. The molecule has 4 heteroatoms. The maximum Gasteiger partial charge on any atom is 0.0922 e. The van der Waals surface area contributed by atoms with E-state index in [1.807, 2.05) is 17.5 Å². The predicted octanol–water partition coefficient (Wildman–Crippen LogP) is 2.88. The number of thiophene rings is 1. The van der Waals surface area contributed by atoms with Gasteiger partial charge in [-0.15, -0.1) is 11.3 Å². The van der Waals surface area contributed by atoms with E-state index in [2.05, 4.69) is 41.3 Å². The van der Waals surface area contributed by atoms with Gasteiger partial charge >= 0.3 is 0 Å². The minimum absolute atomic E-state index is 0.397. The number of aromatic amines is 1. The summed E-state index contributed by atoms with van der Waals surface area (Å²) < 4.78 is 0. The van der Waals surface area contributed by atoms with E-state index in [4.69, 9.17) is 0 Å². The Balaban J connectivity index is 1.90. The third-order valence-corrected chi connectivity index (χ3v) is 4.02. The molecule has 0 amide bonds. The van der Waals surface area contributed by atoms with E-state index in [-0.39, 0.29) is 0 Å². The van der Waals surface area contributed by atoms with Gasteiger partial charge in [-0.05, 0) is 25.5 Å². The number of H-pyrrole nitrogens is 1. The Morgan fingerprint density at radius 3 is 3.00 bits per heavy atom. The van der Waals surface area contributed by atoms with Crippen LogP contribution >= 0.6 is 11.3 Å². The first kappa shape index (κ1) is 11.4.